The van der Waals surface area contributed by atoms with Crippen molar-refractivity contribution in [1.29, 1.82) is 0 Å². The maximum absolute atomic E-state index is 12.4. The molecular formula is C15H21ClN2O4. The highest BCUT2D eigenvalue weighted by Gasteiger charge is 2.39. The highest BCUT2D eigenvalue weighted by molar-refractivity contribution is 5.98. The van der Waals surface area contributed by atoms with E-state index >= 15 is 0 Å². The highest BCUT2D eigenvalue weighted by Crippen LogP contribution is 2.24. The number of rotatable bonds is 4. The molecule has 1 heterocycles. The van der Waals surface area contributed by atoms with Crippen LogP contribution in [0.1, 0.15) is 23.2 Å². The number of benzene rings is 1. The Hall–Kier alpha value is -1.63. The number of carbonyl (C=O) groups excluding carboxylic acids is 2. The van der Waals surface area contributed by atoms with Crippen LogP contribution in [0.3, 0.4) is 0 Å². The molecule has 122 valence electrons. The molecule has 2 rings (SSSR count). The van der Waals surface area contributed by atoms with E-state index in [4.69, 9.17) is 4.74 Å². The van der Waals surface area contributed by atoms with Gasteiger partial charge in [0.05, 0.1) is 12.7 Å². The van der Waals surface area contributed by atoms with Crippen LogP contribution in [0.2, 0.25) is 0 Å². The summed E-state index contributed by atoms with van der Waals surface area (Å²) in [5.41, 5.74) is 0.285. The van der Waals surface area contributed by atoms with Crippen molar-refractivity contribution < 1.29 is 19.1 Å². The largest absolute Gasteiger partial charge is 0.465 e. The number of piperidine rings is 1. The molecule has 1 saturated heterocycles. The maximum Gasteiger partial charge on any atom is 0.337 e. The Bertz CT molecular complexity index is 513. The van der Waals surface area contributed by atoms with Gasteiger partial charge in [-0.1, -0.05) is 0 Å². The lowest BCUT2D eigenvalue weighted by Gasteiger charge is -2.34. The summed E-state index contributed by atoms with van der Waals surface area (Å²) in [5.74, 6) is -0.558. The Morgan fingerprint density at radius 3 is 2.23 bits per heavy atom. The minimum Gasteiger partial charge on any atom is -0.465 e. The monoisotopic (exact) mass is 328 g/mol. The first-order chi connectivity index (χ1) is 10.1. The topological polar surface area (TPSA) is 76.7 Å². The van der Waals surface area contributed by atoms with Gasteiger partial charge in [-0.3, -0.25) is 4.79 Å². The Morgan fingerprint density at radius 2 is 1.73 bits per heavy atom. The third kappa shape index (κ3) is 3.97. The van der Waals surface area contributed by atoms with Crippen LogP contribution in [0.25, 0.3) is 0 Å². The lowest BCUT2D eigenvalue weighted by Crippen LogP contribution is -2.51. The van der Waals surface area contributed by atoms with Crippen LogP contribution in [0, 0.1) is 0 Å². The second-order valence-corrected chi connectivity index (χ2v) is 4.97. The second-order valence-electron chi connectivity index (χ2n) is 4.97. The smallest absolute Gasteiger partial charge is 0.337 e. The average Bonchev–Trinajstić information content (AvgIpc) is 2.55. The molecular weight excluding hydrogens is 308 g/mol. The van der Waals surface area contributed by atoms with Crippen molar-refractivity contribution in [1.82, 2.24) is 5.32 Å². The van der Waals surface area contributed by atoms with E-state index in [-0.39, 0.29) is 18.3 Å². The zero-order chi connectivity index (χ0) is 15.3. The average molecular weight is 329 g/mol. The van der Waals surface area contributed by atoms with E-state index in [9.17, 15) is 9.59 Å². The molecule has 1 aromatic carbocycles. The molecule has 1 amide bonds. The van der Waals surface area contributed by atoms with E-state index in [0.717, 1.165) is 13.1 Å². The van der Waals surface area contributed by atoms with Crippen LogP contribution in [-0.4, -0.2) is 44.8 Å². The van der Waals surface area contributed by atoms with Crippen molar-refractivity contribution in [3.05, 3.63) is 29.8 Å². The van der Waals surface area contributed by atoms with Crippen molar-refractivity contribution in [2.24, 2.45) is 0 Å². The van der Waals surface area contributed by atoms with Gasteiger partial charge in [0.1, 0.15) is 5.60 Å². The molecule has 2 N–H and O–H groups in total. The summed E-state index contributed by atoms with van der Waals surface area (Å²) in [7, 11) is 2.89. The number of esters is 1. The predicted octanol–water partition coefficient (Wildman–Crippen LogP) is 1.60. The third-order valence-corrected chi connectivity index (χ3v) is 3.78. The third-order valence-electron chi connectivity index (χ3n) is 3.78. The number of amides is 1. The number of methoxy groups -OCH3 is 2. The van der Waals surface area contributed by atoms with E-state index in [0.29, 0.717) is 24.1 Å². The van der Waals surface area contributed by atoms with E-state index in [1.54, 1.807) is 31.4 Å². The summed E-state index contributed by atoms with van der Waals surface area (Å²) in [6.45, 7) is 1.51. The molecule has 0 spiro atoms. The van der Waals surface area contributed by atoms with Crippen molar-refractivity contribution in [3.63, 3.8) is 0 Å². The van der Waals surface area contributed by atoms with Gasteiger partial charge in [0.2, 0.25) is 0 Å². The highest BCUT2D eigenvalue weighted by atomic mass is 35.5. The van der Waals surface area contributed by atoms with Crippen molar-refractivity contribution in [2.75, 3.05) is 32.6 Å². The number of hydrogen-bond donors (Lipinski definition) is 2. The number of hydrogen-bond acceptors (Lipinski definition) is 5. The van der Waals surface area contributed by atoms with Gasteiger partial charge in [0.15, 0.2) is 0 Å². The first kappa shape index (κ1) is 18.4. The molecule has 1 aromatic rings. The van der Waals surface area contributed by atoms with Crippen LogP contribution in [0.15, 0.2) is 24.3 Å². The fraction of sp³-hybridized carbons (Fsp3) is 0.467. The van der Waals surface area contributed by atoms with Crippen molar-refractivity contribution >= 4 is 30.0 Å². The summed E-state index contributed by atoms with van der Waals surface area (Å²) in [4.78, 5) is 23.8. The maximum atomic E-state index is 12.4. The minimum absolute atomic E-state index is 0. The van der Waals surface area contributed by atoms with Crippen LogP contribution in [0.5, 0.6) is 0 Å². The number of carbonyl (C=O) groups is 2. The molecule has 0 saturated carbocycles. The zero-order valence-corrected chi connectivity index (χ0v) is 13.5. The lowest BCUT2D eigenvalue weighted by molar-refractivity contribution is -0.140. The number of anilines is 1. The van der Waals surface area contributed by atoms with Crippen LogP contribution < -0.4 is 10.6 Å². The van der Waals surface area contributed by atoms with Crippen molar-refractivity contribution in [3.8, 4) is 0 Å². The molecule has 1 fully saturated rings. The quantitative estimate of drug-likeness (QED) is 0.821. The number of halogens is 1. The van der Waals surface area contributed by atoms with Gasteiger partial charge >= 0.3 is 5.97 Å². The molecule has 1 aliphatic rings. The van der Waals surface area contributed by atoms with Crippen LogP contribution in [-0.2, 0) is 14.3 Å². The summed E-state index contributed by atoms with van der Waals surface area (Å²) in [6.07, 6.45) is 1.27. The van der Waals surface area contributed by atoms with Gasteiger partial charge in [0, 0.05) is 12.8 Å². The van der Waals surface area contributed by atoms with Gasteiger partial charge in [-0.15, -0.1) is 12.4 Å². The van der Waals surface area contributed by atoms with E-state index in [1.165, 1.54) is 7.11 Å². The number of nitrogens with one attached hydrogen (secondary N) is 2. The molecule has 0 radical (unpaired) electrons. The zero-order valence-electron chi connectivity index (χ0n) is 12.7. The summed E-state index contributed by atoms with van der Waals surface area (Å²) < 4.78 is 10.1. The standard InChI is InChI=1S/C15H20N2O4.ClH/c1-20-13(18)11-3-5-12(6-4-11)17-14(19)15(21-2)7-9-16-10-8-15;/h3-6,16H,7-10H2,1-2H3,(H,17,19);1H. The van der Waals surface area contributed by atoms with Gasteiger partial charge in [-0.2, -0.15) is 0 Å². The fourth-order valence-corrected chi connectivity index (χ4v) is 2.41. The van der Waals surface area contributed by atoms with Crippen LogP contribution in [0.4, 0.5) is 5.69 Å². The molecule has 0 unspecified atom stereocenters. The van der Waals surface area contributed by atoms with Crippen molar-refractivity contribution in [2.45, 2.75) is 18.4 Å². The fourth-order valence-electron chi connectivity index (χ4n) is 2.41. The molecule has 1 aliphatic heterocycles. The van der Waals surface area contributed by atoms with E-state index < -0.39 is 11.6 Å². The Kier molecular flexibility index (Phi) is 6.80. The molecule has 0 atom stereocenters. The lowest BCUT2D eigenvalue weighted by atomic mass is 9.91. The predicted molar refractivity (Wildman–Crippen MR) is 85.5 cm³/mol. The van der Waals surface area contributed by atoms with Gasteiger partial charge in [-0.25, -0.2) is 4.79 Å². The van der Waals surface area contributed by atoms with Gasteiger partial charge in [-0.05, 0) is 50.2 Å². The Balaban J connectivity index is 0.00000242. The molecule has 22 heavy (non-hydrogen) atoms. The summed E-state index contributed by atoms with van der Waals surface area (Å²) in [6, 6.07) is 6.58. The number of ether oxygens (including phenoxy) is 2. The van der Waals surface area contributed by atoms with Gasteiger partial charge in [0.25, 0.3) is 5.91 Å². The molecule has 0 aliphatic carbocycles. The second kappa shape index (κ2) is 8.12. The summed E-state index contributed by atoms with van der Waals surface area (Å²) in [5, 5.41) is 6.05. The molecule has 0 bridgehead atoms. The SMILES string of the molecule is COC(=O)c1ccc(NC(=O)C2(OC)CCNCC2)cc1.Cl. The minimum atomic E-state index is -0.785. The van der Waals surface area contributed by atoms with E-state index in [2.05, 4.69) is 15.4 Å². The van der Waals surface area contributed by atoms with Gasteiger partial charge < -0.3 is 20.1 Å². The Labute approximate surface area is 136 Å². The van der Waals surface area contributed by atoms with Crippen LogP contribution >= 0.6 is 12.4 Å². The molecule has 0 aromatic heterocycles. The molecule has 7 heteroatoms. The first-order valence-corrected chi connectivity index (χ1v) is 6.87. The Morgan fingerprint density at radius 1 is 1.14 bits per heavy atom. The summed E-state index contributed by atoms with van der Waals surface area (Å²) >= 11 is 0. The van der Waals surface area contributed by atoms with E-state index in [1.807, 2.05) is 0 Å². The first-order valence-electron chi connectivity index (χ1n) is 6.87. The normalized spacial score (nSPS) is 16.3. The molecule has 6 nitrogen and oxygen atoms in total.